The number of benzene rings is 1. The summed E-state index contributed by atoms with van der Waals surface area (Å²) in [6.07, 6.45) is -4.19. The molecule has 0 aliphatic heterocycles. The van der Waals surface area contributed by atoms with E-state index in [9.17, 15) is 23.1 Å². The van der Waals surface area contributed by atoms with E-state index in [0.717, 1.165) is 6.07 Å². The Hall–Kier alpha value is -1.96. The zero-order chi connectivity index (χ0) is 17.8. The van der Waals surface area contributed by atoms with Crippen LogP contribution in [0.1, 0.15) is 25.8 Å². The number of carbonyl (C=O) groups excluding carboxylic acids is 1. The standard InChI is InChI=1S/C15H22F3N3O2/c1-5-14(2,23)9-19-13(22)20-12-7-6-10(21(3)4)8-11(12)15(16,17)18/h6-8,23H,5,9H2,1-4H3,(H2,19,20,22). The van der Waals surface area contributed by atoms with Crippen LogP contribution in [0.5, 0.6) is 0 Å². The number of aliphatic hydroxyl groups is 1. The normalized spacial score (nSPS) is 14.1. The molecule has 0 aromatic heterocycles. The molecule has 1 rings (SSSR count). The molecular weight excluding hydrogens is 311 g/mol. The van der Waals surface area contributed by atoms with Crippen molar-refractivity contribution in [1.29, 1.82) is 0 Å². The number of amides is 2. The first kappa shape index (κ1) is 19.1. The molecule has 2 amide bonds. The number of alkyl halides is 3. The van der Waals surface area contributed by atoms with Crippen LogP contribution in [0, 0.1) is 0 Å². The van der Waals surface area contributed by atoms with Crippen LogP contribution in [-0.2, 0) is 6.18 Å². The second-order valence-corrected chi connectivity index (χ2v) is 5.78. The molecule has 3 N–H and O–H groups in total. The lowest BCUT2D eigenvalue weighted by molar-refractivity contribution is -0.136. The van der Waals surface area contributed by atoms with E-state index in [0.29, 0.717) is 12.1 Å². The Morgan fingerprint density at radius 3 is 2.39 bits per heavy atom. The fourth-order valence-electron chi connectivity index (χ4n) is 1.72. The van der Waals surface area contributed by atoms with Crippen molar-refractivity contribution in [3.8, 4) is 0 Å². The third-order valence-electron chi connectivity index (χ3n) is 3.46. The maximum Gasteiger partial charge on any atom is 0.418 e. The predicted molar refractivity (Wildman–Crippen MR) is 83.7 cm³/mol. The summed E-state index contributed by atoms with van der Waals surface area (Å²) in [7, 11) is 3.25. The van der Waals surface area contributed by atoms with Gasteiger partial charge < -0.3 is 20.6 Å². The number of hydrogen-bond acceptors (Lipinski definition) is 3. The van der Waals surface area contributed by atoms with E-state index in [1.165, 1.54) is 24.0 Å². The van der Waals surface area contributed by atoms with E-state index in [1.807, 2.05) is 0 Å². The minimum atomic E-state index is -4.59. The summed E-state index contributed by atoms with van der Waals surface area (Å²) in [5.74, 6) is 0. The van der Waals surface area contributed by atoms with Crippen LogP contribution < -0.4 is 15.5 Å². The van der Waals surface area contributed by atoms with Crippen LogP contribution in [0.3, 0.4) is 0 Å². The molecule has 1 atom stereocenters. The van der Waals surface area contributed by atoms with Gasteiger partial charge >= 0.3 is 12.2 Å². The maximum atomic E-state index is 13.1. The van der Waals surface area contributed by atoms with Gasteiger partial charge in [-0.1, -0.05) is 6.92 Å². The highest BCUT2D eigenvalue weighted by molar-refractivity contribution is 5.90. The molecule has 0 aliphatic rings. The molecule has 0 saturated heterocycles. The summed E-state index contributed by atoms with van der Waals surface area (Å²) in [6.45, 7) is 3.20. The van der Waals surface area contributed by atoms with Crippen molar-refractivity contribution in [1.82, 2.24) is 5.32 Å². The molecule has 0 spiro atoms. The van der Waals surface area contributed by atoms with Crippen LogP contribution in [0.4, 0.5) is 29.3 Å². The van der Waals surface area contributed by atoms with Gasteiger partial charge in [-0.2, -0.15) is 13.2 Å². The Kier molecular flexibility index (Phi) is 5.87. The van der Waals surface area contributed by atoms with Gasteiger partial charge in [-0.15, -0.1) is 0 Å². The first-order valence-electron chi connectivity index (χ1n) is 7.12. The molecule has 0 bridgehead atoms. The number of nitrogens with zero attached hydrogens (tertiary/aromatic N) is 1. The van der Waals surface area contributed by atoms with E-state index < -0.39 is 23.4 Å². The fourth-order valence-corrected chi connectivity index (χ4v) is 1.72. The lowest BCUT2D eigenvalue weighted by Crippen LogP contribution is -2.42. The lowest BCUT2D eigenvalue weighted by atomic mass is 10.0. The maximum absolute atomic E-state index is 13.1. The molecule has 0 fully saturated rings. The number of anilines is 2. The summed E-state index contributed by atoms with van der Waals surface area (Å²) in [4.78, 5) is 13.3. The first-order chi connectivity index (χ1) is 10.5. The Bertz CT molecular complexity index is 557. The Balaban J connectivity index is 2.93. The van der Waals surface area contributed by atoms with Crippen LogP contribution in [0.15, 0.2) is 18.2 Å². The van der Waals surface area contributed by atoms with E-state index in [4.69, 9.17) is 0 Å². The Labute approximate surface area is 133 Å². The topological polar surface area (TPSA) is 64.6 Å². The highest BCUT2D eigenvalue weighted by atomic mass is 19.4. The van der Waals surface area contributed by atoms with Crippen LogP contribution in [0.25, 0.3) is 0 Å². The van der Waals surface area contributed by atoms with Gasteiger partial charge in [0.1, 0.15) is 0 Å². The molecule has 1 aromatic carbocycles. The zero-order valence-corrected chi connectivity index (χ0v) is 13.6. The average Bonchev–Trinajstić information content (AvgIpc) is 2.44. The zero-order valence-electron chi connectivity index (χ0n) is 13.6. The van der Waals surface area contributed by atoms with Crippen molar-refractivity contribution >= 4 is 17.4 Å². The highest BCUT2D eigenvalue weighted by Gasteiger charge is 2.34. The van der Waals surface area contributed by atoms with Crippen molar-refractivity contribution in [2.75, 3.05) is 30.9 Å². The van der Waals surface area contributed by atoms with Gasteiger partial charge in [0.05, 0.1) is 16.9 Å². The average molecular weight is 333 g/mol. The van der Waals surface area contributed by atoms with Gasteiger partial charge in [-0.25, -0.2) is 4.79 Å². The number of rotatable bonds is 5. The van der Waals surface area contributed by atoms with Gasteiger partial charge in [0, 0.05) is 26.3 Å². The molecule has 8 heteroatoms. The predicted octanol–water partition coefficient (Wildman–Crippen LogP) is 3.05. The van der Waals surface area contributed by atoms with E-state index in [2.05, 4.69) is 10.6 Å². The minimum Gasteiger partial charge on any atom is -0.388 e. The molecule has 5 nitrogen and oxygen atoms in total. The van der Waals surface area contributed by atoms with Crippen molar-refractivity contribution in [3.63, 3.8) is 0 Å². The molecule has 1 unspecified atom stereocenters. The summed E-state index contributed by atoms with van der Waals surface area (Å²) >= 11 is 0. The molecule has 130 valence electrons. The van der Waals surface area contributed by atoms with Gasteiger partial charge in [-0.05, 0) is 31.5 Å². The van der Waals surface area contributed by atoms with Gasteiger partial charge in [0.15, 0.2) is 0 Å². The number of nitrogens with one attached hydrogen (secondary N) is 2. The Morgan fingerprint density at radius 1 is 1.30 bits per heavy atom. The molecule has 0 radical (unpaired) electrons. The van der Waals surface area contributed by atoms with Crippen molar-refractivity contribution in [3.05, 3.63) is 23.8 Å². The van der Waals surface area contributed by atoms with Gasteiger partial charge in [0.2, 0.25) is 0 Å². The summed E-state index contributed by atoms with van der Waals surface area (Å²) in [5.41, 5.74) is -2.01. The van der Waals surface area contributed by atoms with Crippen LogP contribution in [-0.4, -0.2) is 37.4 Å². The largest absolute Gasteiger partial charge is 0.418 e. The second-order valence-electron chi connectivity index (χ2n) is 5.78. The smallest absolute Gasteiger partial charge is 0.388 e. The van der Waals surface area contributed by atoms with Gasteiger partial charge in [0.25, 0.3) is 0 Å². The van der Waals surface area contributed by atoms with Crippen molar-refractivity contribution < 1.29 is 23.1 Å². The monoisotopic (exact) mass is 333 g/mol. The van der Waals surface area contributed by atoms with Crippen molar-refractivity contribution in [2.24, 2.45) is 0 Å². The molecule has 0 aliphatic carbocycles. The van der Waals surface area contributed by atoms with Gasteiger partial charge in [-0.3, -0.25) is 0 Å². The summed E-state index contributed by atoms with van der Waals surface area (Å²) in [5, 5.41) is 14.3. The van der Waals surface area contributed by atoms with E-state index in [-0.39, 0.29) is 12.2 Å². The molecule has 1 aromatic rings. The Morgan fingerprint density at radius 2 is 1.91 bits per heavy atom. The lowest BCUT2D eigenvalue weighted by Gasteiger charge is -2.22. The molecule has 0 heterocycles. The first-order valence-corrected chi connectivity index (χ1v) is 7.12. The number of urea groups is 1. The number of carbonyl (C=O) groups is 1. The molecular formula is C15H22F3N3O2. The molecule has 0 saturated carbocycles. The number of hydrogen-bond donors (Lipinski definition) is 3. The van der Waals surface area contributed by atoms with E-state index >= 15 is 0 Å². The minimum absolute atomic E-state index is 0.0630. The van der Waals surface area contributed by atoms with Crippen LogP contribution >= 0.6 is 0 Å². The number of halogens is 3. The van der Waals surface area contributed by atoms with Crippen LogP contribution in [0.2, 0.25) is 0 Å². The second kappa shape index (κ2) is 7.08. The highest BCUT2D eigenvalue weighted by Crippen LogP contribution is 2.37. The SMILES string of the molecule is CCC(C)(O)CNC(=O)Nc1ccc(N(C)C)cc1C(F)(F)F. The van der Waals surface area contributed by atoms with E-state index in [1.54, 1.807) is 21.0 Å². The van der Waals surface area contributed by atoms with Crippen molar-refractivity contribution in [2.45, 2.75) is 32.0 Å². The third kappa shape index (κ3) is 5.63. The quantitative estimate of drug-likeness (QED) is 0.776. The summed E-state index contributed by atoms with van der Waals surface area (Å²) in [6, 6.07) is 2.85. The third-order valence-corrected chi connectivity index (χ3v) is 3.46. The summed E-state index contributed by atoms with van der Waals surface area (Å²) < 4.78 is 39.4. The fraction of sp³-hybridized carbons (Fsp3) is 0.533. The molecule has 23 heavy (non-hydrogen) atoms.